The summed E-state index contributed by atoms with van der Waals surface area (Å²) in [7, 11) is 0. The Kier molecular flexibility index (Phi) is 6.42. The Labute approximate surface area is 205 Å². The molecular formula is C30H27N3O2. The van der Waals surface area contributed by atoms with Crippen molar-refractivity contribution in [3.05, 3.63) is 120 Å². The number of carbonyl (C=O) groups is 2. The summed E-state index contributed by atoms with van der Waals surface area (Å²) in [6, 6.07) is 32.2. The van der Waals surface area contributed by atoms with Gasteiger partial charge in [-0.15, -0.1) is 0 Å². The number of amides is 2. The topological polar surface area (TPSA) is 75.4 Å². The lowest BCUT2D eigenvalue weighted by Crippen LogP contribution is -2.31. The van der Waals surface area contributed by atoms with Crippen LogP contribution in [0.1, 0.15) is 45.2 Å². The highest BCUT2D eigenvalue weighted by molar-refractivity contribution is 6.09. The monoisotopic (exact) mass is 461 g/mol. The summed E-state index contributed by atoms with van der Waals surface area (Å²) in [6.07, 6.45) is 1.69. The van der Waals surface area contributed by atoms with Crippen LogP contribution in [0.15, 0.2) is 103 Å². The first kappa shape index (κ1) is 22.6. The lowest BCUT2D eigenvalue weighted by Gasteiger charge is -2.23. The van der Waals surface area contributed by atoms with Gasteiger partial charge in [-0.05, 0) is 65.9 Å². The van der Waals surface area contributed by atoms with E-state index in [1.165, 1.54) is 0 Å². The Morgan fingerprint density at radius 2 is 1.49 bits per heavy atom. The van der Waals surface area contributed by atoms with Gasteiger partial charge in [0.1, 0.15) is 0 Å². The molecule has 5 nitrogen and oxygen atoms in total. The van der Waals surface area contributed by atoms with Crippen LogP contribution >= 0.6 is 0 Å². The molecule has 5 heteroatoms. The van der Waals surface area contributed by atoms with Crippen LogP contribution in [0.3, 0.4) is 0 Å². The molecule has 1 heterocycles. The molecule has 1 unspecified atom stereocenters. The summed E-state index contributed by atoms with van der Waals surface area (Å²) in [4.78, 5) is 28.3. The summed E-state index contributed by atoms with van der Waals surface area (Å²) in [6.45, 7) is 0.623. The number of hydrogen-bond donors (Lipinski definition) is 2. The predicted octanol–water partition coefficient (Wildman–Crippen LogP) is 6.05. The van der Waals surface area contributed by atoms with Gasteiger partial charge >= 0.3 is 0 Å². The highest BCUT2D eigenvalue weighted by Gasteiger charge is 2.25. The van der Waals surface area contributed by atoms with Gasteiger partial charge < -0.3 is 16.0 Å². The van der Waals surface area contributed by atoms with E-state index in [0.717, 1.165) is 35.2 Å². The van der Waals surface area contributed by atoms with E-state index >= 15 is 0 Å². The van der Waals surface area contributed by atoms with Crippen LogP contribution in [0.25, 0.3) is 11.1 Å². The first-order valence-corrected chi connectivity index (χ1v) is 11.8. The van der Waals surface area contributed by atoms with Crippen molar-refractivity contribution in [2.75, 3.05) is 16.8 Å². The fourth-order valence-corrected chi connectivity index (χ4v) is 4.60. The molecule has 35 heavy (non-hydrogen) atoms. The normalized spacial score (nSPS) is 15.1. The maximum atomic E-state index is 13.4. The Bertz CT molecular complexity index is 1350. The average molecular weight is 462 g/mol. The van der Waals surface area contributed by atoms with E-state index in [0.29, 0.717) is 23.4 Å². The summed E-state index contributed by atoms with van der Waals surface area (Å²) >= 11 is 0. The molecule has 1 atom stereocenters. The van der Waals surface area contributed by atoms with E-state index in [4.69, 9.17) is 5.73 Å². The van der Waals surface area contributed by atoms with Gasteiger partial charge in [-0.25, -0.2) is 0 Å². The minimum atomic E-state index is -0.195. The van der Waals surface area contributed by atoms with Gasteiger partial charge in [-0.3, -0.25) is 9.59 Å². The predicted molar refractivity (Wildman–Crippen MR) is 141 cm³/mol. The van der Waals surface area contributed by atoms with E-state index < -0.39 is 0 Å². The molecule has 0 radical (unpaired) electrons. The van der Waals surface area contributed by atoms with Crippen molar-refractivity contribution >= 4 is 23.2 Å². The first-order valence-electron chi connectivity index (χ1n) is 11.8. The smallest absolute Gasteiger partial charge is 0.258 e. The van der Waals surface area contributed by atoms with E-state index in [9.17, 15) is 9.59 Å². The molecular weight excluding hydrogens is 434 g/mol. The van der Waals surface area contributed by atoms with Crippen molar-refractivity contribution in [3.63, 3.8) is 0 Å². The van der Waals surface area contributed by atoms with Crippen molar-refractivity contribution in [1.29, 1.82) is 0 Å². The molecule has 4 aromatic rings. The summed E-state index contributed by atoms with van der Waals surface area (Å²) < 4.78 is 0. The summed E-state index contributed by atoms with van der Waals surface area (Å²) in [5, 5.41) is 2.97. The number of carbonyl (C=O) groups excluding carboxylic acids is 2. The highest BCUT2D eigenvalue weighted by atomic mass is 16.2. The van der Waals surface area contributed by atoms with Gasteiger partial charge in [0.25, 0.3) is 11.8 Å². The van der Waals surface area contributed by atoms with Crippen molar-refractivity contribution < 1.29 is 9.59 Å². The van der Waals surface area contributed by atoms with Gasteiger partial charge in [0, 0.05) is 35.1 Å². The highest BCUT2D eigenvalue weighted by Crippen LogP contribution is 2.32. The van der Waals surface area contributed by atoms with Crippen molar-refractivity contribution in [2.45, 2.75) is 18.9 Å². The Hall–Kier alpha value is -4.22. The van der Waals surface area contributed by atoms with Gasteiger partial charge in [-0.1, -0.05) is 66.7 Å². The molecule has 2 amide bonds. The van der Waals surface area contributed by atoms with Crippen LogP contribution in [0.5, 0.6) is 0 Å². The average Bonchev–Trinajstić information content (AvgIpc) is 3.08. The molecule has 3 N–H and O–H groups in total. The van der Waals surface area contributed by atoms with Gasteiger partial charge in [0.05, 0.1) is 0 Å². The van der Waals surface area contributed by atoms with Gasteiger partial charge in [-0.2, -0.15) is 0 Å². The zero-order valence-electron chi connectivity index (χ0n) is 19.4. The fraction of sp³-hybridized carbons (Fsp3) is 0.133. The Morgan fingerprint density at radius 1 is 0.800 bits per heavy atom. The van der Waals surface area contributed by atoms with E-state index in [1.54, 1.807) is 24.3 Å². The quantitative estimate of drug-likeness (QED) is 0.389. The van der Waals surface area contributed by atoms with Crippen LogP contribution in [0.2, 0.25) is 0 Å². The minimum Gasteiger partial charge on any atom is -0.324 e. The number of fused-ring (bicyclic) bond motifs is 1. The van der Waals surface area contributed by atoms with Crippen molar-refractivity contribution in [2.24, 2.45) is 5.73 Å². The van der Waals surface area contributed by atoms with Crippen molar-refractivity contribution in [1.82, 2.24) is 0 Å². The molecule has 5 rings (SSSR count). The molecule has 0 spiro atoms. The second-order valence-electron chi connectivity index (χ2n) is 8.71. The van der Waals surface area contributed by atoms with Crippen LogP contribution in [0.4, 0.5) is 11.4 Å². The first-order chi connectivity index (χ1) is 17.1. The van der Waals surface area contributed by atoms with E-state index in [2.05, 4.69) is 5.32 Å². The van der Waals surface area contributed by atoms with Crippen LogP contribution in [-0.4, -0.2) is 18.4 Å². The number of rotatable bonds is 4. The summed E-state index contributed by atoms with van der Waals surface area (Å²) in [5.74, 6) is -0.266. The third kappa shape index (κ3) is 4.72. The minimum absolute atomic E-state index is 0.0691. The van der Waals surface area contributed by atoms with E-state index in [-0.39, 0.29) is 17.9 Å². The Balaban J connectivity index is 1.35. The maximum Gasteiger partial charge on any atom is 0.258 e. The molecule has 174 valence electrons. The summed E-state index contributed by atoms with van der Waals surface area (Å²) in [5.41, 5.74) is 11.9. The van der Waals surface area contributed by atoms with Gasteiger partial charge in [0.15, 0.2) is 0 Å². The SMILES string of the molecule is NC1CCCN(C(=O)c2ccc(NC(=O)c3ccccc3-c3ccccc3)cc2)c2ccccc21. The zero-order chi connectivity index (χ0) is 24.2. The second-order valence-corrected chi connectivity index (χ2v) is 8.71. The zero-order valence-corrected chi connectivity index (χ0v) is 19.4. The van der Waals surface area contributed by atoms with Crippen molar-refractivity contribution in [3.8, 4) is 11.1 Å². The molecule has 0 fully saturated rings. The number of hydrogen-bond acceptors (Lipinski definition) is 3. The Morgan fingerprint density at radius 3 is 2.29 bits per heavy atom. The number of para-hydroxylation sites is 1. The molecule has 1 aliphatic heterocycles. The second kappa shape index (κ2) is 9.95. The van der Waals surface area contributed by atoms with Crippen LogP contribution in [0, 0.1) is 0 Å². The van der Waals surface area contributed by atoms with E-state index in [1.807, 2.05) is 83.8 Å². The number of nitrogens with one attached hydrogen (secondary N) is 1. The molecule has 0 saturated carbocycles. The third-order valence-electron chi connectivity index (χ3n) is 6.42. The van der Waals surface area contributed by atoms with Crippen LogP contribution < -0.4 is 16.0 Å². The number of nitrogens with two attached hydrogens (primary N) is 1. The number of benzene rings is 4. The molecule has 0 bridgehead atoms. The number of nitrogens with zero attached hydrogens (tertiary/aromatic N) is 1. The fourth-order valence-electron chi connectivity index (χ4n) is 4.60. The molecule has 0 aromatic heterocycles. The van der Waals surface area contributed by atoms with Gasteiger partial charge in [0.2, 0.25) is 0 Å². The lowest BCUT2D eigenvalue weighted by atomic mass is 9.99. The lowest BCUT2D eigenvalue weighted by molar-refractivity contribution is 0.0985. The largest absolute Gasteiger partial charge is 0.324 e. The maximum absolute atomic E-state index is 13.4. The molecule has 1 aliphatic rings. The molecule has 0 aliphatic carbocycles. The molecule has 0 saturated heterocycles. The standard InChI is InChI=1S/C30H27N3O2/c31-27-14-8-20-33(28-15-7-6-13-26(27)28)30(35)22-16-18-23(19-17-22)32-29(34)25-12-5-4-11-24(25)21-9-2-1-3-10-21/h1-7,9-13,15-19,27H,8,14,20,31H2,(H,32,34). The third-order valence-corrected chi connectivity index (χ3v) is 6.42. The number of anilines is 2. The van der Waals surface area contributed by atoms with Crippen LogP contribution in [-0.2, 0) is 0 Å². The molecule has 4 aromatic carbocycles.